The van der Waals surface area contributed by atoms with Crippen LogP contribution in [0.2, 0.25) is 0 Å². The van der Waals surface area contributed by atoms with Crippen molar-refractivity contribution in [2.75, 3.05) is 0 Å². The molecule has 4 aliphatic carbocycles. The molecule has 3 heteroatoms. The Hall–Kier alpha value is -0.410. The van der Waals surface area contributed by atoms with Gasteiger partial charge in [0.25, 0.3) is 0 Å². The fraction of sp³-hybridized carbons (Fsp3) is 0.952. The van der Waals surface area contributed by atoms with Crippen molar-refractivity contribution in [3.8, 4) is 0 Å². The monoisotopic (exact) mass is 334 g/mol. The van der Waals surface area contributed by atoms with Gasteiger partial charge in [0.1, 0.15) is 5.78 Å². The first-order valence-corrected chi connectivity index (χ1v) is 10.1. The van der Waals surface area contributed by atoms with Crippen LogP contribution in [0, 0.1) is 40.4 Å². The van der Waals surface area contributed by atoms with Gasteiger partial charge in [0.15, 0.2) is 0 Å². The molecule has 0 amide bonds. The predicted octanol–water partition coefficient (Wildman–Crippen LogP) is 3.57. The first kappa shape index (κ1) is 17.0. The molecule has 0 radical (unpaired) electrons. The summed E-state index contributed by atoms with van der Waals surface area (Å²) in [5.41, 5.74) is 0.335. The molecule has 4 aliphatic rings. The molecule has 24 heavy (non-hydrogen) atoms. The van der Waals surface area contributed by atoms with Gasteiger partial charge in [0, 0.05) is 5.92 Å². The van der Waals surface area contributed by atoms with Crippen molar-refractivity contribution in [1.29, 1.82) is 0 Å². The van der Waals surface area contributed by atoms with Crippen LogP contribution in [0.3, 0.4) is 0 Å². The Morgan fingerprint density at radius 1 is 0.875 bits per heavy atom. The number of Topliss-reactive ketones (excluding diaryl/α,β-unsaturated/α-hetero) is 1. The molecule has 0 aromatic carbocycles. The van der Waals surface area contributed by atoms with Gasteiger partial charge in [0.2, 0.25) is 0 Å². The number of aliphatic hydroxyl groups is 2. The van der Waals surface area contributed by atoms with Crippen LogP contribution in [-0.4, -0.2) is 28.2 Å². The molecule has 0 bridgehead atoms. The second-order valence-corrected chi connectivity index (χ2v) is 10.0. The Labute approximate surface area is 146 Å². The number of fused-ring (bicyclic) bond motifs is 5. The third-order valence-corrected chi connectivity index (χ3v) is 9.14. The average Bonchev–Trinajstić information content (AvgIpc) is 2.87. The molecule has 2 N–H and O–H groups in total. The number of ketones is 1. The van der Waals surface area contributed by atoms with E-state index in [9.17, 15) is 15.0 Å². The summed E-state index contributed by atoms with van der Waals surface area (Å²) in [6, 6.07) is 0. The van der Waals surface area contributed by atoms with E-state index in [1.807, 2.05) is 0 Å². The van der Waals surface area contributed by atoms with Gasteiger partial charge in [-0.15, -0.1) is 0 Å². The highest BCUT2D eigenvalue weighted by atomic mass is 16.3. The molecule has 4 saturated carbocycles. The average molecular weight is 335 g/mol. The van der Waals surface area contributed by atoms with Crippen LogP contribution in [0.1, 0.15) is 72.1 Å². The van der Waals surface area contributed by atoms with Gasteiger partial charge in [-0.1, -0.05) is 13.8 Å². The van der Waals surface area contributed by atoms with Gasteiger partial charge in [-0.3, -0.25) is 4.79 Å². The zero-order valence-corrected chi connectivity index (χ0v) is 15.5. The Balaban J connectivity index is 1.65. The summed E-state index contributed by atoms with van der Waals surface area (Å²) in [6.45, 7) is 6.53. The van der Waals surface area contributed by atoms with E-state index < -0.39 is 0 Å². The van der Waals surface area contributed by atoms with Gasteiger partial charge in [-0.25, -0.2) is 0 Å². The van der Waals surface area contributed by atoms with E-state index in [2.05, 4.69) is 13.8 Å². The molecule has 0 heterocycles. The van der Waals surface area contributed by atoms with Gasteiger partial charge in [0.05, 0.1) is 12.2 Å². The third kappa shape index (κ3) is 2.19. The van der Waals surface area contributed by atoms with E-state index in [4.69, 9.17) is 0 Å². The minimum Gasteiger partial charge on any atom is -0.393 e. The van der Waals surface area contributed by atoms with E-state index in [0.717, 1.165) is 38.5 Å². The van der Waals surface area contributed by atoms with Gasteiger partial charge >= 0.3 is 0 Å². The number of hydrogen-bond acceptors (Lipinski definition) is 3. The highest BCUT2D eigenvalue weighted by Gasteiger charge is 2.62. The molecule has 0 spiro atoms. The van der Waals surface area contributed by atoms with Crippen molar-refractivity contribution in [2.45, 2.75) is 84.3 Å². The Kier molecular flexibility index (Phi) is 3.93. The number of carbonyl (C=O) groups excluding carboxylic acids is 1. The summed E-state index contributed by atoms with van der Waals surface area (Å²) >= 11 is 0. The number of carbonyl (C=O) groups is 1. The molecular formula is C21H34O3. The number of aliphatic hydroxyl groups excluding tert-OH is 2. The van der Waals surface area contributed by atoms with Crippen molar-refractivity contribution >= 4 is 5.78 Å². The summed E-state index contributed by atoms with van der Waals surface area (Å²) in [7, 11) is 0. The molecule has 3 nitrogen and oxygen atoms in total. The molecule has 0 saturated heterocycles. The van der Waals surface area contributed by atoms with Crippen molar-refractivity contribution in [3.63, 3.8) is 0 Å². The maximum atomic E-state index is 12.2. The highest BCUT2D eigenvalue weighted by molar-refractivity contribution is 5.79. The normalized spacial score (nSPS) is 57.0. The molecule has 136 valence electrons. The maximum Gasteiger partial charge on any atom is 0.133 e. The van der Waals surface area contributed by atoms with Crippen molar-refractivity contribution in [2.24, 2.45) is 40.4 Å². The van der Waals surface area contributed by atoms with Crippen LogP contribution >= 0.6 is 0 Å². The van der Waals surface area contributed by atoms with E-state index >= 15 is 0 Å². The lowest BCUT2D eigenvalue weighted by Gasteiger charge is -2.62. The van der Waals surface area contributed by atoms with Crippen LogP contribution in [0.15, 0.2) is 0 Å². The number of hydrogen-bond donors (Lipinski definition) is 2. The van der Waals surface area contributed by atoms with Gasteiger partial charge in [-0.2, -0.15) is 0 Å². The molecule has 0 aromatic rings. The van der Waals surface area contributed by atoms with E-state index in [-0.39, 0.29) is 34.9 Å². The van der Waals surface area contributed by atoms with E-state index in [1.54, 1.807) is 6.92 Å². The lowest BCUT2D eigenvalue weighted by atomic mass is 9.44. The zero-order chi connectivity index (χ0) is 17.3. The summed E-state index contributed by atoms with van der Waals surface area (Å²) in [5.74, 6) is 2.71. The summed E-state index contributed by atoms with van der Waals surface area (Å²) < 4.78 is 0. The molecule has 0 aromatic heterocycles. The van der Waals surface area contributed by atoms with Crippen LogP contribution < -0.4 is 0 Å². The molecular weight excluding hydrogens is 300 g/mol. The second kappa shape index (κ2) is 5.54. The topological polar surface area (TPSA) is 57.5 Å². The fourth-order valence-corrected chi connectivity index (χ4v) is 7.95. The standard InChI is InChI=1S/C21H34O3/c1-12(22)15-4-5-16-14-11-19(24)18-10-13(23)6-8-21(18,3)17(14)7-9-20(15,16)2/h13-19,23-24H,4-11H2,1-3H3/t13-,14-,15+,16+,17+,18+,19-,20+,21+/m0/s1. The van der Waals surface area contributed by atoms with Crippen molar-refractivity contribution < 1.29 is 15.0 Å². The molecule has 0 aliphatic heterocycles. The van der Waals surface area contributed by atoms with Crippen LogP contribution in [0.4, 0.5) is 0 Å². The van der Waals surface area contributed by atoms with Crippen LogP contribution in [0.5, 0.6) is 0 Å². The number of rotatable bonds is 1. The van der Waals surface area contributed by atoms with Gasteiger partial charge < -0.3 is 10.2 Å². The molecule has 4 fully saturated rings. The zero-order valence-electron chi connectivity index (χ0n) is 15.5. The minimum absolute atomic E-state index is 0.157. The predicted molar refractivity (Wildman–Crippen MR) is 93.3 cm³/mol. The van der Waals surface area contributed by atoms with Crippen molar-refractivity contribution in [3.05, 3.63) is 0 Å². The third-order valence-electron chi connectivity index (χ3n) is 9.14. The minimum atomic E-state index is -0.273. The van der Waals surface area contributed by atoms with Crippen molar-refractivity contribution in [1.82, 2.24) is 0 Å². The first-order valence-electron chi connectivity index (χ1n) is 10.1. The summed E-state index contributed by atoms with van der Waals surface area (Å²) in [5, 5.41) is 21.0. The largest absolute Gasteiger partial charge is 0.393 e. The van der Waals surface area contributed by atoms with Gasteiger partial charge in [-0.05, 0) is 92.8 Å². The molecule has 4 rings (SSSR count). The Morgan fingerprint density at radius 2 is 1.54 bits per heavy atom. The fourth-order valence-electron chi connectivity index (χ4n) is 7.95. The summed E-state index contributed by atoms with van der Waals surface area (Å²) in [4.78, 5) is 12.2. The Bertz CT molecular complexity index is 531. The smallest absolute Gasteiger partial charge is 0.133 e. The lowest BCUT2D eigenvalue weighted by molar-refractivity contribution is -0.171. The quantitative estimate of drug-likeness (QED) is 0.771. The summed E-state index contributed by atoms with van der Waals surface area (Å²) in [6.07, 6.45) is 7.70. The first-order chi connectivity index (χ1) is 11.3. The van der Waals surface area contributed by atoms with E-state index in [0.29, 0.717) is 23.5 Å². The van der Waals surface area contributed by atoms with Crippen LogP contribution in [-0.2, 0) is 4.79 Å². The molecule has 9 atom stereocenters. The maximum absolute atomic E-state index is 12.2. The Morgan fingerprint density at radius 3 is 2.25 bits per heavy atom. The van der Waals surface area contributed by atoms with E-state index in [1.165, 1.54) is 12.8 Å². The lowest BCUT2D eigenvalue weighted by Crippen LogP contribution is -2.58. The highest BCUT2D eigenvalue weighted by Crippen LogP contribution is 2.67. The SMILES string of the molecule is CC(=O)[C@H]1CC[C@@H]2[C@@H]3C[C@H](O)[C@H]4C[C@@H](O)CC[C@]4(C)[C@@H]3CC[C@]12C. The van der Waals surface area contributed by atoms with Crippen LogP contribution in [0.25, 0.3) is 0 Å². The second-order valence-electron chi connectivity index (χ2n) is 10.0. The molecule has 0 unspecified atom stereocenters.